The SMILES string of the molecule is CN=C(NCC(c1ccc(C)o1)N1CCOCC1)NC1CCN(C(C)C)CC1.I. The zero-order valence-electron chi connectivity index (χ0n) is 18.3. The molecule has 2 aliphatic rings. The molecule has 1 aromatic heterocycles. The highest BCUT2D eigenvalue weighted by Crippen LogP contribution is 2.23. The Morgan fingerprint density at radius 3 is 2.38 bits per heavy atom. The summed E-state index contributed by atoms with van der Waals surface area (Å²) >= 11 is 0. The molecule has 0 bridgehead atoms. The Morgan fingerprint density at radius 1 is 1.14 bits per heavy atom. The van der Waals surface area contributed by atoms with E-state index >= 15 is 0 Å². The van der Waals surface area contributed by atoms with Gasteiger partial charge < -0.3 is 24.7 Å². The minimum atomic E-state index is 0. The van der Waals surface area contributed by atoms with Crippen LogP contribution in [0.2, 0.25) is 0 Å². The quantitative estimate of drug-likeness (QED) is 0.343. The molecule has 3 rings (SSSR count). The number of halogens is 1. The molecule has 3 heterocycles. The number of ether oxygens (including phenoxy) is 1. The first-order valence-electron chi connectivity index (χ1n) is 10.7. The number of aliphatic imine (C=N–C) groups is 1. The van der Waals surface area contributed by atoms with Gasteiger partial charge in [-0.15, -0.1) is 24.0 Å². The van der Waals surface area contributed by atoms with Gasteiger partial charge in [0.25, 0.3) is 0 Å². The number of piperidine rings is 1. The number of morpholine rings is 1. The molecule has 8 heteroatoms. The molecule has 2 fully saturated rings. The van der Waals surface area contributed by atoms with Gasteiger partial charge in [0.2, 0.25) is 0 Å². The Labute approximate surface area is 192 Å². The molecule has 2 N–H and O–H groups in total. The second-order valence-corrected chi connectivity index (χ2v) is 8.11. The molecule has 29 heavy (non-hydrogen) atoms. The van der Waals surface area contributed by atoms with E-state index in [0.717, 1.165) is 76.3 Å². The van der Waals surface area contributed by atoms with Gasteiger partial charge in [-0.2, -0.15) is 0 Å². The summed E-state index contributed by atoms with van der Waals surface area (Å²) in [6.45, 7) is 13.0. The van der Waals surface area contributed by atoms with Crippen molar-refractivity contribution in [3.05, 3.63) is 23.7 Å². The molecule has 1 unspecified atom stereocenters. The fourth-order valence-electron chi connectivity index (χ4n) is 4.07. The summed E-state index contributed by atoms with van der Waals surface area (Å²) < 4.78 is 11.5. The Hall–Kier alpha value is -0.840. The summed E-state index contributed by atoms with van der Waals surface area (Å²) in [6.07, 6.45) is 2.31. The van der Waals surface area contributed by atoms with E-state index in [9.17, 15) is 0 Å². The summed E-state index contributed by atoms with van der Waals surface area (Å²) in [5.74, 6) is 2.84. The van der Waals surface area contributed by atoms with Gasteiger partial charge in [0.15, 0.2) is 5.96 Å². The van der Waals surface area contributed by atoms with Crippen molar-refractivity contribution in [1.82, 2.24) is 20.4 Å². The van der Waals surface area contributed by atoms with E-state index in [2.05, 4.69) is 45.3 Å². The van der Waals surface area contributed by atoms with Crippen LogP contribution in [0.5, 0.6) is 0 Å². The number of nitrogens with one attached hydrogen (secondary N) is 2. The van der Waals surface area contributed by atoms with Crippen LogP contribution in [0.25, 0.3) is 0 Å². The van der Waals surface area contributed by atoms with Crippen LogP contribution < -0.4 is 10.6 Å². The van der Waals surface area contributed by atoms with Gasteiger partial charge in [-0.25, -0.2) is 0 Å². The Kier molecular flexibility index (Phi) is 10.2. The van der Waals surface area contributed by atoms with E-state index in [1.165, 1.54) is 0 Å². The number of rotatable bonds is 6. The molecule has 0 radical (unpaired) electrons. The zero-order valence-corrected chi connectivity index (χ0v) is 20.6. The highest BCUT2D eigenvalue weighted by atomic mass is 127. The van der Waals surface area contributed by atoms with Crippen LogP contribution in [0.1, 0.15) is 44.3 Å². The van der Waals surface area contributed by atoms with Crippen LogP contribution in [-0.2, 0) is 4.74 Å². The van der Waals surface area contributed by atoms with Gasteiger partial charge in [0.05, 0.1) is 19.3 Å². The number of hydrogen-bond acceptors (Lipinski definition) is 5. The van der Waals surface area contributed by atoms with Crippen molar-refractivity contribution in [3.63, 3.8) is 0 Å². The lowest BCUT2D eigenvalue weighted by Gasteiger charge is -2.36. The first-order chi connectivity index (χ1) is 13.6. The lowest BCUT2D eigenvalue weighted by molar-refractivity contribution is 0.0124. The lowest BCUT2D eigenvalue weighted by Crippen LogP contribution is -2.51. The van der Waals surface area contributed by atoms with E-state index in [0.29, 0.717) is 12.1 Å². The predicted octanol–water partition coefficient (Wildman–Crippen LogP) is 2.62. The summed E-state index contributed by atoms with van der Waals surface area (Å²) in [4.78, 5) is 9.44. The highest BCUT2D eigenvalue weighted by molar-refractivity contribution is 14.0. The van der Waals surface area contributed by atoms with Gasteiger partial charge in [-0.1, -0.05) is 0 Å². The van der Waals surface area contributed by atoms with Crippen LogP contribution >= 0.6 is 24.0 Å². The fraction of sp³-hybridized carbons (Fsp3) is 0.762. The molecule has 1 atom stereocenters. The molecular weight excluding hydrogens is 481 g/mol. The number of nitrogens with zero attached hydrogens (tertiary/aromatic N) is 3. The molecular formula is C21H38IN5O2. The van der Waals surface area contributed by atoms with Crippen molar-refractivity contribution in [2.24, 2.45) is 4.99 Å². The van der Waals surface area contributed by atoms with Crippen molar-refractivity contribution in [1.29, 1.82) is 0 Å². The molecule has 1 aromatic rings. The first kappa shape index (κ1) is 24.4. The molecule has 2 saturated heterocycles. The third-order valence-corrected chi connectivity index (χ3v) is 5.86. The van der Waals surface area contributed by atoms with Gasteiger partial charge in [-0.3, -0.25) is 9.89 Å². The van der Waals surface area contributed by atoms with Crippen molar-refractivity contribution >= 4 is 29.9 Å². The molecule has 0 saturated carbocycles. The minimum absolute atomic E-state index is 0. The maximum atomic E-state index is 5.96. The van der Waals surface area contributed by atoms with Gasteiger partial charge >= 0.3 is 0 Å². The zero-order chi connectivity index (χ0) is 19.9. The number of likely N-dealkylation sites (tertiary alicyclic amines) is 1. The Morgan fingerprint density at radius 2 is 1.83 bits per heavy atom. The molecule has 7 nitrogen and oxygen atoms in total. The molecule has 0 aliphatic carbocycles. The maximum Gasteiger partial charge on any atom is 0.191 e. The summed E-state index contributed by atoms with van der Waals surface area (Å²) in [7, 11) is 1.85. The first-order valence-corrected chi connectivity index (χ1v) is 10.7. The summed E-state index contributed by atoms with van der Waals surface area (Å²) in [6, 6.07) is 5.42. The van der Waals surface area contributed by atoms with Gasteiger partial charge in [-0.05, 0) is 45.7 Å². The largest absolute Gasteiger partial charge is 0.465 e. The lowest BCUT2D eigenvalue weighted by atomic mass is 10.0. The number of hydrogen-bond donors (Lipinski definition) is 2. The Balaban J connectivity index is 0.00000300. The highest BCUT2D eigenvalue weighted by Gasteiger charge is 2.26. The second kappa shape index (κ2) is 12.1. The van der Waals surface area contributed by atoms with Crippen molar-refractivity contribution < 1.29 is 9.15 Å². The second-order valence-electron chi connectivity index (χ2n) is 8.11. The average molecular weight is 519 g/mol. The summed E-state index contributed by atoms with van der Waals surface area (Å²) in [5, 5.41) is 7.16. The maximum absolute atomic E-state index is 5.96. The predicted molar refractivity (Wildman–Crippen MR) is 128 cm³/mol. The van der Waals surface area contributed by atoms with Crippen LogP contribution in [0, 0.1) is 6.92 Å². The number of furan rings is 1. The van der Waals surface area contributed by atoms with Crippen molar-refractivity contribution in [2.45, 2.75) is 51.7 Å². The molecule has 0 amide bonds. The van der Waals surface area contributed by atoms with Gasteiger partial charge in [0, 0.05) is 51.9 Å². The van der Waals surface area contributed by atoms with E-state index in [1.807, 2.05) is 20.0 Å². The van der Waals surface area contributed by atoms with E-state index < -0.39 is 0 Å². The number of guanidine groups is 1. The van der Waals surface area contributed by atoms with Crippen LogP contribution in [0.3, 0.4) is 0 Å². The Bertz CT molecular complexity index is 622. The normalized spacial score (nSPS) is 21.1. The van der Waals surface area contributed by atoms with Crippen LogP contribution in [0.4, 0.5) is 0 Å². The standard InChI is InChI=1S/C21H37N5O2.HI/c1-16(2)25-9-7-18(8-10-25)24-21(22-4)23-15-19(20-6-5-17(3)28-20)26-11-13-27-14-12-26;/h5-6,16,18-19H,7-15H2,1-4H3,(H2,22,23,24);1H. The smallest absolute Gasteiger partial charge is 0.191 e. The van der Waals surface area contributed by atoms with Crippen molar-refractivity contribution in [2.75, 3.05) is 53.0 Å². The van der Waals surface area contributed by atoms with Crippen LogP contribution in [-0.4, -0.2) is 80.8 Å². The van der Waals surface area contributed by atoms with E-state index in [1.54, 1.807) is 0 Å². The fourth-order valence-corrected chi connectivity index (χ4v) is 4.07. The third-order valence-electron chi connectivity index (χ3n) is 5.86. The average Bonchev–Trinajstić information content (AvgIpc) is 3.14. The third kappa shape index (κ3) is 7.11. The number of aryl methyl sites for hydroxylation is 1. The molecule has 0 aromatic carbocycles. The monoisotopic (exact) mass is 519 g/mol. The van der Waals surface area contributed by atoms with Gasteiger partial charge in [0.1, 0.15) is 11.5 Å². The summed E-state index contributed by atoms with van der Waals surface area (Å²) in [5.41, 5.74) is 0. The minimum Gasteiger partial charge on any atom is -0.465 e. The van der Waals surface area contributed by atoms with Crippen LogP contribution in [0.15, 0.2) is 21.5 Å². The topological polar surface area (TPSA) is 65.3 Å². The van der Waals surface area contributed by atoms with E-state index in [4.69, 9.17) is 9.15 Å². The molecule has 166 valence electrons. The molecule has 2 aliphatic heterocycles. The van der Waals surface area contributed by atoms with E-state index in [-0.39, 0.29) is 30.0 Å². The molecule has 0 spiro atoms. The van der Waals surface area contributed by atoms with Crippen molar-refractivity contribution in [3.8, 4) is 0 Å².